The molecule has 0 amide bonds. The minimum Gasteiger partial charge on any atom is -0.309 e. The van der Waals surface area contributed by atoms with E-state index in [1.165, 1.54) is 118 Å². The SMILES string of the molecule is c1ccc2c(c1)Sc1ccccc1C21c2ccccc2-c2ccc(N(c3ccc4c5ccccc5n(-c5cccc6ccccc56)c4c3)c3cccc4sc5ccccc5c34)c3cccc1c23. The van der Waals surface area contributed by atoms with Crippen molar-refractivity contribution in [3.8, 4) is 16.8 Å². The summed E-state index contributed by atoms with van der Waals surface area (Å²) in [7, 11) is 0. The molecule has 0 saturated carbocycles. The maximum atomic E-state index is 2.57. The molecule has 1 spiro atoms. The zero-order valence-electron chi connectivity index (χ0n) is 36.2. The normalized spacial score (nSPS) is 13.4. The highest BCUT2D eigenvalue weighted by molar-refractivity contribution is 7.99. The van der Waals surface area contributed by atoms with Crippen LogP contribution in [0.3, 0.4) is 0 Å². The summed E-state index contributed by atoms with van der Waals surface area (Å²) in [5.74, 6) is 0. The standard InChI is InChI=1S/C63H38N2S2/c1-2-18-41-39(16-1)17-13-28-52(41)65-53-27-9-4-20-43(53)44-35-34-40(38-56(44)65)64(55-29-15-33-60-62(55)47-21-5-10-30-57(47)66-60)54-37-36-45-42-19-3-6-23-48(42)63(51-26-14-22-46(54)61(45)51)49-24-7-11-31-58(49)67-59-32-12-8-25-50(59)63/h1-38H. The van der Waals surface area contributed by atoms with Crippen LogP contribution in [0.4, 0.5) is 17.1 Å². The third kappa shape index (κ3) is 5.06. The lowest BCUT2D eigenvalue weighted by atomic mass is 9.59. The summed E-state index contributed by atoms with van der Waals surface area (Å²) in [5, 5.41) is 10.00. The van der Waals surface area contributed by atoms with Crippen molar-refractivity contribution >= 4 is 104 Å². The molecule has 0 saturated heterocycles. The molecule has 11 aromatic carbocycles. The van der Waals surface area contributed by atoms with Crippen LogP contribution < -0.4 is 4.90 Å². The first-order chi connectivity index (χ1) is 33.3. The van der Waals surface area contributed by atoms with Crippen molar-refractivity contribution < 1.29 is 0 Å². The maximum absolute atomic E-state index is 2.57. The summed E-state index contributed by atoms with van der Waals surface area (Å²) in [6.07, 6.45) is 0. The van der Waals surface area contributed by atoms with Gasteiger partial charge >= 0.3 is 0 Å². The van der Waals surface area contributed by atoms with E-state index in [9.17, 15) is 0 Å². The zero-order valence-corrected chi connectivity index (χ0v) is 37.8. The van der Waals surface area contributed by atoms with E-state index in [2.05, 4.69) is 240 Å². The average Bonchev–Trinajstić information content (AvgIpc) is 3.94. The Bertz CT molecular complexity index is 4180. The van der Waals surface area contributed by atoms with E-state index < -0.39 is 5.41 Å². The number of fused-ring (bicyclic) bond motifs is 15. The molecule has 2 nitrogen and oxygen atoms in total. The number of anilines is 3. The van der Waals surface area contributed by atoms with Crippen LogP contribution in [0, 0.1) is 0 Å². The Morgan fingerprint density at radius 1 is 0.373 bits per heavy atom. The number of benzene rings is 11. The number of para-hydroxylation sites is 1. The molecule has 13 aromatic rings. The Morgan fingerprint density at radius 2 is 1.00 bits per heavy atom. The number of rotatable bonds is 4. The van der Waals surface area contributed by atoms with Crippen LogP contribution in [-0.4, -0.2) is 4.57 Å². The lowest BCUT2D eigenvalue weighted by Crippen LogP contribution is -2.36. The highest BCUT2D eigenvalue weighted by Gasteiger charge is 2.48. The second-order valence-electron chi connectivity index (χ2n) is 17.9. The zero-order chi connectivity index (χ0) is 43.8. The van der Waals surface area contributed by atoms with Crippen LogP contribution in [0.15, 0.2) is 240 Å². The van der Waals surface area contributed by atoms with E-state index in [1.807, 2.05) is 23.1 Å². The van der Waals surface area contributed by atoms with Gasteiger partial charge in [0.15, 0.2) is 0 Å². The molecule has 312 valence electrons. The predicted octanol–water partition coefficient (Wildman–Crippen LogP) is 17.8. The van der Waals surface area contributed by atoms with Crippen LogP contribution in [0.1, 0.15) is 22.3 Å². The molecule has 15 rings (SSSR count). The summed E-state index contributed by atoms with van der Waals surface area (Å²) in [5.41, 5.74) is 14.3. The fourth-order valence-electron chi connectivity index (χ4n) is 12.0. The highest BCUT2D eigenvalue weighted by Crippen LogP contribution is 2.62. The van der Waals surface area contributed by atoms with Crippen molar-refractivity contribution in [2.24, 2.45) is 0 Å². The second-order valence-corrected chi connectivity index (χ2v) is 20.1. The van der Waals surface area contributed by atoms with Crippen molar-refractivity contribution in [2.45, 2.75) is 15.2 Å². The van der Waals surface area contributed by atoms with Crippen molar-refractivity contribution in [1.82, 2.24) is 4.57 Å². The third-order valence-corrected chi connectivity index (χ3v) is 16.9. The molecule has 0 atom stereocenters. The Labute approximate surface area is 395 Å². The fraction of sp³-hybridized carbons (Fsp3) is 0.0159. The number of nitrogens with zero attached hydrogens (tertiary/aromatic N) is 2. The van der Waals surface area contributed by atoms with Gasteiger partial charge in [0, 0.05) is 57.2 Å². The first-order valence-corrected chi connectivity index (χ1v) is 24.6. The van der Waals surface area contributed by atoms with E-state index >= 15 is 0 Å². The van der Waals surface area contributed by atoms with Gasteiger partial charge in [0.1, 0.15) is 0 Å². The number of aromatic nitrogens is 1. The predicted molar refractivity (Wildman–Crippen MR) is 285 cm³/mol. The molecule has 1 aliphatic carbocycles. The van der Waals surface area contributed by atoms with Crippen molar-refractivity contribution in [3.05, 3.63) is 253 Å². The molecule has 0 fully saturated rings. The lowest BCUT2D eigenvalue weighted by Gasteiger charge is -2.46. The van der Waals surface area contributed by atoms with Crippen LogP contribution >= 0.6 is 23.1 Å². The molecule has 0 bridgehead atoms. The molecule has 67 heavy (non-hydrogen) atoms. The first kappa shape index (κ1) is 37.3. The molecule has 3 heterocycles. The lowest BCUT2D eigenvalue weighted by molar-refractivity contribution is 0.707. The fourth-order valence-corrected chi connectivity index (χ4v) is 14.3. The third-order valence-electron chi connectivity index (χ3n) is 14.6. The Hall–Kier alpha value is -7.89. The topological polar surface area (TPSA) is 8.17 Å². The largest absolute Gasteiger partial charge is 0.309 e. The summed E-state index contributed by atoms with van der Waals surface area (Å²) < 4.78 is 5.06. The highest BCUT2D eigenvalue weighted by atomic mass is 32.2. The molecule has 0 radical (unpaired) electrons. The summed E-state index contributed by atoms with van der Waals surface area (Å²) in [6, 6.07) is 86.6. The monoisotopic (exact) mass is 886 g/mol. The quantitative estimate of drug-likeness (QED) is 0.174. The van der Waals surface area contributed by atoms with Gasteiger partial charge < -0.3 is 9.47 Å². The van der Waals surface area contributed by atoms with E-state index in [-0.39, 0.29) is 0 Å². The molecule has 0 unspecified atom stereocenters. The van der Waals surface area contributed by atoms with Crippen LogP contribution in [-0.2, 0) is 5.41 Å². The first-order valence-electron chi connectivity index (χ1n) is 23.0. The van der Waals surface area contributed by atoms with Crippen LogP contribution in [0.25, 0.3) is 80.3 Å². The number of hydrogen-bond donors (Lipinski definition) is 0. The van der Waals surface area contributed by atoms with Gasteiger partial charge in [-0.15, -0.1) is 11.3 Å². The van der Waals surface area contributed by atoms with Crippen molar-refractivity contribution in [1.29, 1.82) is 0 Å². The average molecular weight is 887 g/mol. The molecule has 0 N–H and O–H groups in total. The van der Waals surface area contributed by atoms with Crippen molar-refractivity contribution in [2.75, 3.05) is 4.90 Å². The Kier molecular flexibility index (Phi) is 7.84. The van der Waals surface area contributed by atoms with Gasteiger partial charge in [-0.25, -0.2) is 0 Å². The molecule has 2 aliphatic rings. The van der Waals surface area contributed by atoms with Crippen LogP contribution in [0.2, 0.25) is 0 Å². The second kappa shape index (κ2) is 14.1. The molecular formula is C63H38N2S2. The Morgan fingerprint density at radius 3 is 1.87 bits per heavy atom. The summed E-state index contributed by atoms with van der Waals surface area (Å²) in [6.45, 7) is 0. The summed E-state index contributed by atoms with van der Waals surface area (Å²) in [4.78, 5) is 5.18. The van der Waals surface area contributed by atoms with Gasteiger partial charge in [-0.1, -0.05) is 182 Å². The Balaban J connectivity index is 1.07. The van der Waals surface area contributed by atoms with Gasteiger partial charge in [0.05, 0.1) is 33.5 Å². The van der Waals surface area contributed by atoms with Crippen LogP contribution in [0.5, 0.6) is 0 Å². The van der Waals surface area contributed by atoms with Gasteiger partial charge in [-0.2, -0.15) is 0 Å². The van der Waals surface area contributed by atoms with Gasteiger partial charge in [0.2, 0.25) is 0 Å². The van der Waals surface area contributed by atoms with Gasteiger partial charge in [-0.05, 0) is 105 Å². The molecule has 1 aliphatic heterocycles. The van der Waals surface area contributed by atoms with Crippen molar-refractivity contribution in [3.63, 3.8) is 0 Å². The van der Waals surface area contributed by atoms with E-state index in [4.69, 9.17) is 0 Å². The van der Waals surface area contributed by atoms with Gasteiger partial charge in [0.25, 0.3) is 0 Å². The van der Waals surface area contributed by atoms with E-state index in [0.717, 1.165) is 11.4 Å². The van der Waals surface area contributed by atoms with Gasteiger partial charge in [-0.3, -0.25) is 0 Å². The number of hydrogen-bond acceptors (Lipinski definition) is 3. The van der Waals surface area contributed by atoms with E-state index in [1.54, 1.807) is 0 Å². The van der Waals surface area contributed by atoms with E-state index in [0.29, 0.717) is 0 Å². The smallest absolute Gasteiger partial charge is 0.0735 e. The molecular weight excluding hydrogens is 849 g/mol. The number of thiophene rings is 1. The molecule has 4 heteroatoms. The maximum Gasteiger partial charge on any atom is 0.0735 e. The summed E-state index contributed by atoms with van der Waals surface area (Å²) >= 11 is 3.77. The minimum atomic E-state index is -0.521. The minimum absolute atomic E-state index is 0.521. The molecule has 2 aromatic heterocycles.